The van der Waals surface area contributed by atoms with Crippen molar-refractivity contribution in [3.05, 3.63) is 35.9 Å². The van der Waals surface area contributed by atoms with Crippen LogP contribution in [0.3, 0.4) is 0 Å². The molecule has 3 N–H and O–H groups in total. The lowest BCUT2D eigenvalue weighted by Gasteiger charge is -2.39. The molecule has 204 valence electrons. The van der Waals surface area contributed by atoms with Gasteiger partial charge in [0.2, 0.25) is 17.7 Å². The number of thioether (sulfide) groups is 1. The van der Waals surface area contributed by atoms with Crippen molar-refractivity contribution in [2.45, 2.75) is 94.3 Å². The van der Waals surface area contributed by atoms with Gasteiger partial charge in [-0.25, -0.2) is 0 Å². The Kier molecular flexibility index (Phi) is 8.58. The number of likely N-dealkylation sites (tertiary alicyclic amines) is 1. The molecular weight excluding hydrogens is 486 g/mol. The van der Waals surface area contributed by atoms with Gasteiger partial charge in [-0.15, -0.1) is 11.8 Å². The smallest absolute Gasteiger partial charge is 0.244 e. The van der Waals surface area contributed by atoms with E-state index in [1.807, 2.05) is 44.2 Å². The second-order valence-electron chi connectivity index (χ2n) is 11.3. The Morgan fingerprint density at radius 2 is 1.86 bits per heavy atom. The van der Waals surface area contributed by atoms with Crippen molar-refractivity contribution in [3.63, 3.8) is 0 Å². The lowest BCUT2D eigenvalue weighted by Crippen LogP contribution is -2.57. The number of rotatable bonds is 12. The number of nitrogens with one attached hydrogen (secondary N) is 2. The summed E-state index contributed by atoms with van der Waals surface area (Å²) in [6.45, 7) is 9.04. The molecule has 37 heavy (non-hydrogen) atoms. The highest BCUT2D eigenvalue weighted by molar-refractivity contribution is 8.02. The van der Waals surface area contributed by atoms with Gasteiger partial charge in [0.1, 0.15) is 6.04 Å². The molecule has 7 nitrogen and oxygen atoms in total. The molecule has 0 saturated carbocycles. The van der Waals surface area contributed by atoms with Crippen LogP contribution in [-0.2, 0) is 20.9 Å². The summed E-state index contributed by atoms with van der Waals surface area (Å²) in [5.74, 6) is -1.47. The minimum absolute atomic E-state index is 0.0303. The monoisotopic (exact) mass is 529 g/mol. The number of unbranched alkanes of at least 4 members (excludes halogenated alkanes) is 2. The molecule has 7 atom stereocenters. The van der Waals surface area contributed by atoms with E-state index in [2.05, 4.69) is 24.5 Å². The lowest BCUT2D eigenvalue weighted by atomic mass is 9.66. The van der Waals surface area contributed by atoms with E-state index in [-0.39, 0.29) is 30.2 Å². The molecule has 0 radical (unpaired) electrons. The first-order valence-corrected chi connectivity index (χ1v) is 14.8. The summed E-state index contributed by atoms with van der Waals surface area (Å²) in [5, 5.41) is 16.6. The molecule has 3 fully saturated rings. The Morgan fingerprint density at radius 3 is 2.51 bits per heavy atom. The second kappa shape index (κ2) is 11.4. The standard InChI is InChI=1S/C29H43N3O4S/c1-5-7-11-16-30-26(35)24-29-15-14-28(4,37-29)22(25(34)31-17-20-12-9-8-10-13-20)23(29)27(36)32(24)21(18-33)19(3)6-2/h8-10,12-13,19,21-24,33H,5-7,11,14-18H2,1-4H3,(H,30,35)(H,31,34)/t19-,21-,22-,23-,24?,28+,29?/m0/s1. The minimum atomic E-state index is -0.684. The van der Waals surface area contributed by atoms with Crippen molar-refractivity contribution in [2.75, 3.05) is 13.2 Å². The van der Waals surface area contributed by atoms with Gasteiger partial charge in [0.15, 0.2) is 0 Å². The molecule has 2 unspecified atom stereocenters. The van der Waals surface area contributed by atoms with Gasteiger partial charge in [0.25, 0.3) is 0 Å². The number of amides is 3. The SMILES string of the molecule is CCCCCNC(=O)C1N([C@@H](CO)[C@@H](C)CC)C(=O)[C@@H]2[C@@H](C(=O)NCc3ccccc3)[C@@]3(C)CCC12S3. The zero-order valence-corrected chi connectivity index (χ0v) is 23.5. The summed E-state index contributed by atoms with van der Waals surface area (Å²) in [4.78, 5) is 43.5. The van der Waals surface area contributed by atoms with Crippen LogP contribution in [0.25, 0.3) is 0 Å². The summed E-state index contributed by atoms with van der Waals surface area (Å²) in [6, 6.07) is 8.63. The van der Waals surface area contributed by atoms with Crippen LogP contribution < -0.4 is 10.6 Å². The largest absolute Gasteiger partial charge is 0.394 e. The predicted molar refractivity (Wildman–Crippen MR) is 147 cm³/mol. The fourth-order valence-electron chi connectivity index (χ4n) is 6.81. The maximum absolute atomic E-state index is 14.3. The number of hydrogen-bond acceptors (Lipinski definition) is 5. The van der Waals surface area contributed by atoms with Gasteiger partial charge in [0.05, 0.1) is 29.2 Å². The van der Waals surface area contributed by atoms with E-state index in [1.54, 1.807) is 16.7 Å². The van der Waals surface area contributed by atoms with Crippen LogP contribution in [0.1, 0.15) is 71.8 Å². The molecule has 0 aromatic heterocycles. The van der Waals surface area contributed by atoms with E-state index in [0.29, 0.717) is 13.1 Å². The topological polar surface area (TPSA) is 98.7 Å². The van der Waals surface area contributed by atoms with Crippen molar-refractivity contribution in [1.29, 1.82) is 0 Å². The third kappa shape index (κ3) is 4.91. The molecule has 3 amide bonds. The van der Waals surface area contributed by atoms with Crippen LogP contribution >= 0.6 is 11.8 Å². The average molecular weight is 530 g/mol. The van der Waals surface area contributed by atoms with Crippen LogP contribution in [-0.4, -0.2) is 62.5 Å². The summed E-state index contributed by atoms with van der Waals surface area (Å²) >= 11 is 1.68. The number of aliphatic hydroxyl groups excluding tert-OH is 1. The first-order chi connectivity index (χ1) is 17.7. The Morgan fingerprint density at radius 1 is 1.14 bits per heavy atom. The second-order valence-corrected chi connectivity index (χ2v) is 13.2. The van der Waals surface area contributed by atoms with E-state index in [1.165, 1.54) is 0 Å². The molecule has 3 aliphatic heterocycles. The minimum Gasteiger partial charge on any atom is -0.394 e. The van der Waals surface area contributed by atoms with Crippen LogP contribution in [0, 0.1) is 17.8 Å². The fourth-order valence-corrected chi connectivity index (χ4v) is 9.16. The Hall–Kier alpha value is -2.06. The Balaban J connectivity index is 1.66. The summed E-state index contributed by atoms with van der Waals surface area (Å²) in [7, 11) is 0. The molecular formula is C29H43N3O4S. The number of carbonyl (C=O) groups is 3. The Bertz CT molecular complexity index is 991. The lowest BCUT2D eigenvalue weighted by molar-refractivity contribution is -0.144. The van der Waals surface area contributed by atoms with Gasteiger partial charge in [-0.3, -0.25) is 14.4 Å². The third-order valence-corrected chi connectivity index (χ3v) is 11.0. The van der Waals surface area contributed by atoms with E-state index in [4.69, 9.17) is 0 Å². The molecule has 1 spiro atoms. The molecule has 2 bridgehead atoms. The zero-order chi connectivity index (χ0) is 26.8. The molecule has 1 aromatic carbocycles. The van der Waals surface area contributed by atoms with E-state index >= 15 is 0 Å². The van der Waals surface area contributed by atoms with Crippen LogP contribution in [0.15, 0.2) is 30.3 Å². The van der Waals surface area contributed by atoms with Crippen molar-refractivity contribution in [2.24, 2.45) is 17.8 Å². The van der Waals surface area contributed by atoms with Gasteiger partial charge < -0.3 is 20.6 Å². The number of hydrogen-bond donors (Lipinski definition) is 3. The van der Waals surface area contributed by atoms with Gasteiger partial charge >= 0.3 is 0 Å². The molecule has 3 heterocycles. The molecule has 0 aliphatic carbocycles. The maximum atomic E-state index is 14.3. The zero-order valence-electron chi connectivity index (χ0n) is 22.7. The average Bonchev–Trinajstić information content (AvgIpc) is 3.47. The van der Waals surface area contributed by atoms with Crippen LogP contribution in [0.5, 0.6) is 0 Å². The molecule has 1 aromatic rings. The highest BCUT2D eigenvalue weighted by Crippen LogP contribution is 2.71. The number of benzene rings is 1. The summed E-state index contributed by atoms with van der Waals surface area (Å²) in [5.41, 5.74) is 1.01. The fraction of sp³-hybridized carbons (Fsp3) is 0.690. The van der Waals surface area contributed by atoms with Crippen molar-refractivity contribution in [1.82, 2.24) is 15.5 Å². The maximum Gasteiger partial charge on any atom is 0.244 e. The molecule has 3 saturated heterocycles. The summed E-state index contributed by atoms with van der Waals surface area (Å²) < 4.78 is -1.06. The normalized spacial score (nSPS) is 31.8. The van der Waals surface area contributed by atoms with Crippen molar-refractivity contribution in [3.8, 4) is 0 Å². The first kappa shape index (κ1) is 28.0. The van der Waals surface area contributed by atoms with Gasteiger partial charge in [-0.2, -0.15) is 0 Å². The highest BCUT2D eigenvalue weighted by Gasteiger charge is 2.77. The number of fused-ring (bicyclic) bond motifs is 1. The first-order valence-electron chi connectivity index (χ1n) is 14.0. The molecule has 8 heteroatoms. The number of aliphatic hydroxyl groups is 1. The van der Waals surface area contributed by atoms with Gasteiger partial charge in [-0.1, -0.05) is 70.4 Å². The van der Waals surface area contributed by atoms with E-state index in [9.17, 15) is 19.5 Å². The third-order valence-electron chi connectivity index (χ3n) is 8.98. The van der Waals surface area contributed by atoms with E-state index in [0.717, 1.165) is 44.1 Å². The summed E-state index contributed by atoms with van der Waals surface area (Å²) in [6.07, 6.45) is 5.27. The number of carbonyl (C=O) groups excluding carboxylic acids is 3. The van der Waals surface area contributed by atoms with E-state index < -0.39 is 33.4 Å². The highest BCUT2D eigenvalue weighted by atomic mass is 32.2. The van der Waals surface area contributed by atoms with Crippen LogP contribution in [0.2, 0.25) is 0 Å². The van der Waals surface area contributed by atoms with Gasteiger partial charge in [-0.05, 0) is 37.7 Å². The predicted octanol–water partition coefficient (Wildman–Crippen LogP) is 3.50. The van der Waals surface area contributed by atoms with Gasteiger partial charge in [0, 0.05) is 17.8 Å². The van der Waals surface area contributed by atoms with Crippen LogP contribution in [0.4, 0.5) is 0 Å². The quantitative estimate of drug-likeness (QED) is 0.360. The van der Waals surface area contributed by atoms with Crippen molar-refractivity contribution >= 4 is 29.5 Å². The van der Waals surface area contributed by atoms with Crippen molar-refractivity contribution < 1.29 is 19.5 Å². The molecule has 3 aliphatic rings. The number of nitrogens with zero attached hydrogens (tertiary/aromatic N) is 1. The Labute approximate surface area is 225 Å². The molecule has 4 rings (SSSR count).